The van der Waals surface area contributed by atoms with E-state index in [1.54, 1.807) is 19.4 Å². The molecule has 1 amide bonds. The van der Waals surface area contributed by atoms with Crippen molar-refractivity contribution in [3.63, 3.8) is 0 Å². The van der Waals surface area contributed by atoms with Crippen molar-refractivity contribution in [1.29, 1.82) is 0 Å². The van der Waals surface area contributed by atoms with Crippen LogP contribution in [0, 0.1) is 5.41 Å². The van der Waals surface area contributed by atoms with Gasteiger partial charge in [-0.15, -0.1) is 0 Å². The predicted octanol–water partition coefficient (Wildman–Crippen LogP) is 6.90. The molecule has 1 aliphatic heterocycles. The molecule has 1 aromatic carbocycles. The molecule has 1 spiro atoms. The summed E-state index contributed by atoms with van der Waals surface area (Å²) in [6.07, 6.45) is 7.63. The van der Waals surface area contributed by atoms with Gasteiger partial charge in [0, 0.05) is 41.9 Å². The number of amides is 1. The second-order valence-electron chi connectivity index (χ2n) is 13.5. The number of ether oxygens (including phenoxy) is 2. The number of aliphatic hydroxyl groups is 1. The van der Waals surface area contributed by atoms with E-state index >= 15 is 0 Å². The molecule has 1 fully saturated rings. The number of benzene rings is 1. The third-order valence-corrected chi connectivity index (χ3v) is 10.6. The molecule has 5 heterocycles. The molecule has 0 radical (unpaired) electrons. The highest BCUT2D eigenvalue weighted by molar-refractivity contribution is 7.99. The summed E-state index contributed by atoms with van der Waals surface area (Å²) in [5.74, 6) is 1.17. The molecule has 1 atom stereocenters. The van der Waals surface area contributed by atoms with Crippen molar-refractivity contribution in [3.05, 3.63) is 89.0 Å². The molecule has 49 heavy (non-hydrogen) atoms. The smallest absolute Gasteiger partial charge is 0.408 e. The minimum Gasteiger partial charge on any atom is -0.481 e. The molecule has 13 heteroatoms. The van der Waals surface area contributed by atoms with Gasteiger partial charge in [0.25, 0.3) is 0 Å². The zero-order valence-corrected chi connectivity index (χ0v) is 29.4. The number of hydrogen-bond donors (Lipinski definition) is 2. The number of hydrogen-bond acceptors (Lipinski definition) is 10. The number of rotatable bonds is 7. The van der Waals surface area contributed by atoms with Crippen LogP contribution in [0.25, 0.3) is 17.0 Å². The van der Waals surface area contributed by atoms with Gasteiger partial charge in [-0.2, -0.15) is 0 Å². The van der Waals surface area contributed by atoms with Crippen LogP contribution in [0.1, 0.15) is 56.5 Å². The number of nitrogens with zero attached hydrogens (tertiary/aromatic N) is 6. The van der Waals surface area contributed by atoms with Gasteiger partial charge in [0.1, 0.15) is 22.0 Å². The molecule has 0 saturated carbocycles. The maximum Gasteiger partial charge on any atom is 0.408 e. The van der Waals surface area contributed by atoms with Crippen LogP contribution >= 0.6 is 23.4 Å². The van der Waals surface area contributed by atoms with Crippen LogP contribution in [-0.2, 0) is 17.8 Å². The van der Waals surface area contributed by atoms with Gasteiger partial charge in [0.2, 0.25) is 5.88 Å². The summed E-state index contributed by atoms with van der Waals surface area (Å²) in [5, 5.41) is 14.7. The number of fused-ring (bicyclic) bond motifs is 2. The number of anilines is 1. The van der Waals surface area contributed by atoms with Gasteiger partial charge in [-0.05, 0) is 63.3 Å². The van der Waals surface area contributed by atoms with Crippen molar-refractivity contribution in [3.8, 4) is 17.3 Å². The Morgan fingerprint density at radius 2 is 1.88 bits per heavy atom. The van der Waals surface area contributed by atoms with Crippen LogP contribution in [-0.4, -0.2) is 61.3 Å². The van der Waals surface area contributed by atoms with Crippen LogP contribution in [0.4, 0.5) is 10.6 Å². The van der Waals surface area contributed by atoms with Gasteiger partial charge >= 0.3 is 6.09 Å². The molecular weight excluding hydrogens is 662 g/mol. The summed E-state index contributed by atoms with van der Waals surface area (Å²) < 4.78 is 12.8. The van der Waals surface area contributed by atoms with Crippen molar-refractivity contribution < 1.29 is 19.4 Å². The summed E-state index contributed by atoms with van der Waals surface area (Å²) in [6, 6.07) is 15.6. The van der Waals surface area contributed by atoms with Gasteiger partial charge in [0.05, 0.1) is 36.7 Å². The lowest BCUT2D eigenvalue weighted by Crippen LogP contribution is -2.48. The van der Waals surface area contributed by atoms with E-state index in [4.69, 9.17) is 36.0 Å². The number of methoxy groups -OCH3 is 1. The van der Waals surface area contributed by atoms with Crippen molar-refractivity contribution >= 4 is 40.9 Å². The van der Waals surface area contributed by atoms with Gasteiger partial charge in [-0.3, -0.25) is 0 Å². The molecular formula is C36H38ClN7O4S. The predicted molar refractivity (Wildman–Crippen MR) is 188 cm³/mol. The Bertz CT molecular complexity index is 2020. The molecule has 0 bridgehead atoms. The molecule has 254 valence electrons. The highest BCUT2D eigenvalue weighted by Gasteiger charge is 2.49. The number of halogens is 1. The average Bonchev–Trinajstić information content (AvgIpc) is 3.66. The number of nitrogens with one attached hydrogen (secondary N) is 1. The number of carbonyl (C=O) groups excluding carboxylic acids is 1. The Morgan fingerprint density at radius 3 is 2.63 bits per heavy atom. The fraction of sp³-hybridized carbons (Fsp3) is 0.361. The zero-order valence-electron chi connectivity index (χ0n) is 27.8. The largest absolute Gasteiger partial charge is 0.481 e. The first kappa shape index (κ1) is 33.1. The molecule has 5 aromatic rings. The van der Waals surface area contributed by atoms with E-state index in [1.165, 1.54) is 17.3 Å². The Morgan fingerprint density at radius 1 is 1.08 bits per heavy atom. The molecule has 11 nitrogen and oxygen atoms in total. The molecule has 0 unspecified atom stereocenters. The van der Waals surface area contributed by atoms with Gasteiger partial charge in [0.15, 0.2) is 11.5 Å². The van der Waals surface area contributed by atoms with Gasteiger partial charge in [-0.1, -0.05) is 53.7 Å². The maximum absolute atomic E-state index is 12.9. The summed E-state index contributed by atoms with van der Waals surface area (Å²) in [7, 11) is 1.58. The lowest BCUT2D eigenvalue weighted by atomic mass is 9.72. The maximum atomic E-state index is 12.9. The van der Waals surface area contributed by atoms with Crippen molar-refractivity contribution in [2.75, 3.05) is 25.1 Å². The van der Waals surface area contributed by atoms with Crippen molar-refractivity contribution in [2.24, 2.45) is 5.41 Å². The standard InChI is InChI=1S/C36H38ClN7O4S/c1-35(2,3)48-34(46)42-31-23-9-6-5-8-22(23)18-36(31)13-16-43(17-14-36)32-26(21-45)40-29(19-38-32)49-27-12-15-44-20-25(41-33(44)30(27)37)24-10-7-11-28(39-24)47-4/h5-12,15,19-20,31,45H,13-14,16-18,21H2,1-4H3,(H,42,46)/t31-/m1/s1. The van der Waals surface area contributed by atoms with Crippen molar-refractivity contribution in [2.45, 2.75) is 68.2 Å². The summed E-state index contributed by atoms with van der Waals surface area (Å²) in [6.45, 7) is 6.78. The van der Waals surface area contributed by atoms with Crippen LogP contribution in [0.15, 0.2) is 77.0 Å². The quantitative estimate of drug-likeness (QED) is 0.185. The zero-order chi connectivity index (χ0) is 34.3. The second-order valence-corrected chi connectivity index (χ2v) is 14.9. The van der Waals surface area contributed by atoms with E-state index in [-0.39, 0.29) is 18.1 Å². The van der Waals surface area contributed by atoms with Gasteiger partial charge in [-0.25, -0.2) is 24.7 Å². The van der Waals surface area contributed by atoms with Gasteiger partial charge < -0.3 is 29.2 Å². The van der Waals surface area contributed by atoms with E-state index < -0.39 is 11.7 Å². The molecule has 2 aliphatic rings. The first-order valence-corrected chi connectivity index (χ1v) is 17.4. The number of imidazole rings is 1. The number of piperidine rings is 1. The Kier molecular flexibility index (Phi) is 8.89. The minimum atomic E-state index is -0.585. The third-order valence-electron chi connectivity index (χ3n) is 9.13. The highest BCUT2D eigenvalue weighted by Crippen LogP contribution is 2.52. The summed E-state index contributed by atoms with van der Waals surface area (Å²) in [4.78, 5) is 34.7. The fourth-order valence-electron chi connectivity index (χ4n) is 6.88. The number of carbonyl (C=O) groups is 1. The fourth-order valence-corrected chi connectivity index (χ4v) is 8.00. The van der Waals surface area contributed by atoms with Crippen LogP contribution in [0.3, 0.4) is 0 Å². The number of alkyl carbamates (subject to hydrolysis) is 1. The molecule has 7 rings (SSSR count). The monoisotopic (exact) mass is 699 g/mol. The molecule has 1 aliphatic carbocycles. The Balaban J connectivity index is 1.08. The number of aliphatic hydroxyl groups excluding tert-OH is 1. The molecule has 1 saturated heterocycles. The van der Waals surface area contributed by atoms with Crippen molar-refractivity contribution in [1.82, 2.24) is 29.7 Å². The Labute approximate surface area is 294 Å². The van der Waals surface area contributed by atoms with Crippen LogP contribution in [0.2, 0.25) is 5.02 Å². The van der Waals surface area contributed by atoms with E-state index in [9.17, 15) is 9.90 Å². The molecule has 2 N–H and O–H groups in total. The average molecular weight is 700 g/mol. The number of aromatic nitrogens is 5. The SMILES string of the molecule is COc1cccc(-c2cn3ccc(Sc4cnc(N5CCC6(CC5)Cc5ccccc5[C@H]6NC(=O)OC(C)(C)C)c(CO)n4)c(Cl)c3n2)n1. The van der Waals surface area contributed by atoms with E-state index in [1.807, 2.05) is 61.8 Å². The van der Waals surface area contributed by atoms with Crippen LogP contribution < -0.4 is 15.0 Å². The lowest BCUT2D eigenvalue weighted by Gasteiger charge is -2.44. The van der Waals surface area contributed by atoms with Crippen LogP contribution in [0.5, 0.6) is 5.88 Å². The lowest BCUT2D eigenvalue weighted by molar-refractivity contribution is 0.0428. The second kappa shape index (κ2) is 13.1. The van der Waals surface area contributed by atoms with E-state index in [0.29, 0.717) is 57.6 Å². The highest BCUT2D eigenvalue weighted by atomic mass is 35.5. The first-order valence-electron chi connectivity index (χ1n) is 16.2. The third kappa shape index (κ3) is 6.64. The first-order chi connectivity index (χ1) is 23.6. The van der Waals surface area contributed by atoms with E-state index in [2.05, 4.69) is 33.4 Å². The minimum absolute atomic E-state index is 0.148. The van der Waals surface area contributed by atoms with E-state index in [0.717, 1.165) is 29.7 Å². The topological polar surface area (TPSA) is 127 Å². The summed E-state index contributed by atoms with van der Waals surface area (Å²) >= 11 is 8.22. The number of pyridine rings is 2. The molecule has 4 aromatic heterocycles. The normalized spacial score (nSPS) is 16.9. The summed E-state index contributed by atoms with van der Waals surface area (Å²) in [5.41, 5.74) is 4.12. The Hall–Kier alpha value is -4.39.